The number of hydrogen-bond acceptors (Lipinski definition) is 2. The Morgan fingerprint density at radius 3 is 2.55 bits per heavy atom. The van der Waals surface area contributed by atoms with E-state index < -0.39 is 0 Å². The summed E-state index contributed by atoms with van der Waals surface area (Å²) in [5.41, 5.74) is 1.84. The zero-order valence-corrected chi connectivity index (χ0v) is 12.1. The minimum Gasteiger partial charge on any atom is -0.452 e. The second-order valence-electron chi connectivity index (χ2n) is 4.48. The second-order valence-corrected chi connectivity index (χ2v) is 5.27. The maximum absolute atomic E-state index is 12.6. The first-order chi connectivity index (χ1) is 9.59. The van der Waals surface area contributed by atoms with E-state index in [2.05, 4.69) is 0 Å². The Labute approximate surface area is 125 Å². The van der Waals surface area contributed by atoms with Crippen LogP contribution in [0.1, 0.15) is 21.7 Å². The maximum atomic E-state index is 12.6. The Bertz CT molecular complexity index is 818. The van der Waals surface area contributed by atoms with Gasteiger partial charge < -0.3 is 4.42 Å². The number of aryl methyl sites for hydroxylation is 1. The van der Waals surface area contributed by atoms with Gasteiger partial charge in [0.2, 0.25) is 5.78 Å². The lowest BCUT2D eigenvalue weighted by atomic mass is 10.0. The number of carbonyl (C=O) groups excluding carboxylic acids is 1. The van der Waals surface area contributed by atoms with Gasteiger partial charge in [0.15, 0.2) is 5.76 Å². The van der Waals surface area contributed by atoms with Crippen LogP contribution in [0.3, 0.4) is 0 Å². The molecule has 20 heavy (non-hydrogen) atoms. The number of carbonyl (C=O) groups is 1. The molecule has 0 saturated heterocycles. The van der Waals surface area contributed by atoms with E-state index >= 15 is 0 Å². The number of fused-ring (bicyclic) bond motifs is 1. The largest absolute Gasteiger partial charge is 0.452 e. The van der Waals surface area contributed by atoms with Crippen LogP contribution in [0.4, 0.5) is 0 Å². The van der Waals surface area contributed by atoms with Crippen molar-refractivity contribution in [2.75, 3.05) is 0 Å². The summed E-state index contributed by atoms with van der Waals surface area (Å²) < 4.78 is 5.66. The van der Waals surface area contributed by atoms with E-state index in [9.17, 15) is 4.79 Å². The Kier molecular flexibility index (Phi) is 3.28. The van der Waals surface area contributed by atoms with Crippen molar-refractivity contribution in [1.29, 1.82) is 0 Å². The van der Waals surface area contributed by atoms with Crippen molar-refractivity contribution in [1.82, 2.24) is 0 Å². The number of rotatable bonds is 2. The van der Waals surface area contributed by atoms with Crippen molar-refractivity contribution in [3.05, 3.63) is 69.4 Å². The van der Waals surface area contributed by atoms with Gasteiger partial charge in [0, 0.05) is 16.5 Å². The monoisotopic (exact) mass is 304 g/mol. The van der Waals surface area contributed by atoms with E-state index in [0.717, 1.165) is 10.9 Å². The Balaban J connectivity index is 2.18. The van der Waals surface area contributed by atoms with Crippen molar-refractivity contribution in [2.24, 2.45) is 0 Å². The van der Waals surface area contributed by atoms with Gasteiger partial charge in [-0.1, -0.05) is 47.5 Å². The Morgan fingerprint density at radius 1 is 1.05 bits per heavy atom. The van der Waals surface area contributed by atoms with Crippen molar-refractivity contribution >= 4 is 40.0 Å². The fourth-order valence-electron chi connectivity index (χ4n) is 2.19. The lowest BCUT2D eigenvalue weighted by Crippen LogP contribution is -2.02. The van der Waals surface area contributed by atoms with E-state index in [1.165, 1.54) is 0 Å². The molecular weight excluding hydrogens is 295 g/mol. The van der Waals surface area contributed by atoms with Crippen molar-refractivity contribution < 1.29 is 9.21 Å². The molecule has 0 aliphatic rings. The van der Waals surface area contributed by atoms with Crippen molar-refractivity contribution in [3.8, 4) is 0 Å². The number of para-hydroxylation sites is 1. The Hall–Kier alpha value is -1.77. The molecule has 1 heterocycles. The van der Waals surface area contributed by atoms with Crippen LogP contribution in [0.15, 0.2) is 46.9 Å². The van der Waals surface area contributed by atoms with Crippen LogP contribution < -0.4 is 0 Å². The van der Waals surface area contributed by atoms with Crippen molar-refractivity contribution in [3.63, 3.8) is 0 Å². The van der Waals surface area contributed by atoms with Crippen LogP contribution in [-0.4, -0.2) is 5.78 Å². The zero-order chi connectivity index (χ0) is 14.3. The lowest BCUT2D eigenvalue weighted by molar-refractivity contribution is 0.101. The SMILES string of the molecule is Cc1c(C(=O)c2cccc(Cl)c2Cl)oc2ccccc12. The average molecular weight is 305 g/mol. The average Bonchev–Trinajstić information content (AvgIpc) is 2.79. The number of halogens is 2. The molecule has 4 heteroatoms. The zero-order valence-electron chi connectivity index (χ0n) is 10.6. The van der Waals surface area contributed by atoms with Gasteiger partial charge in [-0.25, -0.2) is 0 Å². The highest BCUT2D eigenvalue weighted by Crippen LogP contribution is 2.31. The summed E-state index contributed by atoms with van der Waals surface area (Å²) in [6.45, 7) is 1.86. The molecule has 0 fully saturated rings. The predicted octanol–water partition coefficient (Wildman–Crippen LogP) is 5.28. The first-order valence-electron chi connectivity index (χ1n) is 6.06. The fourth-order valence-corrected chi connectivity index (χ4v) is 2.58. The maximum Gasteiger partial charge on any atom is 0.230 e. The van der Waals surface area contributed by atoms with Gasteiger partial charge in [0.05, 0.1) is 10.0 Å². The summed E-state index contributed by atoms with van der Waals surface area (Å²) in [4.78, 5) is 12.6. The normalized spacial score (nSPS) is 10.9. The van der Waals surface area contributed by atoms with Gasteiger partial charge in [0.25, 0.3) is 0 Å². The number of benzene rings is 2. The molecule has 3 rings (SSSR count). The summed E-state index contributed by atoms with van der Waals surface area (Å²) in [5, 5.41) is 1.53. The molecule has 0 amide bonds. The summed E-state index contributed by atoms with van der Waals surface area (Å²) in [6, 6.07) is 12.5. The highest BCUT2D eigenvalue weighted by Gasteiger charge is 2.21. The fraction of sp³-hybridized carbons (Fsp3) is 0.0625. The minimum absolute atomic E-state index is 0.249. The second kappa shape index (κ2) is 4.97. The van der Waals surface area contributed by atoms with Gasteiger partial charge in [-0.3, -0.25) is 4.79 Å². The number of furan rings is 1. The molecule has 0 aliphatic heterocycles. The topological polar surface area (TPSA) is 30.2 Å². The van der Waals surface area contributed by atoms with Gasteiger partial charge >= 0.3 is 0 Å². The Morgan fingerprint density at radius 2 is 1.80 bits per heavy atom. The molecule has 0 aliphatic carbocycles. The summed E-state index contributed by atoms with van der Waals surface area (Å²) >= 11 is 12.0. The summed E-state index contributed by atoms with van der Waals surface area (Å²) in [5.74, 6) is 0.0431. The molecule has 0 saturated carbocycles. The van der Waals surface area contributed by atoms with Gasteiger partial charge in [-0.05, 0) is 25.1 Å². The van der Waals surface area contributed by atoms with Crippen LogP contribution in [0.25, 0.3) is 11.0 Å². The van der Waals surface area contributed by atoms with Crippen molar-refractivity contribution in [2.45, 2.75) is 6.92 Å². The van der Waals surface area contributed by atoms with E-state index in [-0.39, 0.29) is 10.8 Å². The predicted molar refractivity (Wildman–Crippen MR) is 80.8 cm³/mol. The molecule has 0 atom stereocenters. The quantitative estimate of drug-likeness (QED) is 0.603. The summed E-state index contributed by atoms with van der Waals surface area (Å²) in [7, 11) is 0. The van der Waals surface area contributed by atoms with Gasteiger partial charge in [0.1, 0.15) is 5.58 Å². The molecule has 100 valence electrons. The van der Waals surface area contributed by atoms with Gasteiger partial charge in [-0.2, -0.15) is 0 Å². The third kappa shape index (κ3) is 2.01. The van der Waals surface area contributed by atoms with Crippen LogP contribution in [0, 0.1) is 6.92 Å². The lowest BCUT2D eigenvalue weighted by Gasteiger charge is -2.03. The highest BCUT2D eigenvalue weighted by molar-refractivity contribution is 6.44. The molecule has 2 aromatic carbocycles. The first kappa shape index (κ1) is 13.2. The molecule has 1 aromatic heterocycles. The van der Waals surface area contributed by atoms with Crippen LogP contribution in [0.2, 0.25) is 10.0 Å². The number of ketones is 1. The van der Waals surface area contributed by atoms with E-state index in [1.807, 2.05) is 31.2 Å². The third-order valence-electron chi connectivity index (χ3n) is 3.25. The molecule has 0 N–H and O–H groups in total. The molecule has 0 bridgehead atoms. The van der Waals surface area contributed by atoms with Crippen LogP contribution in [0.5, 0.6) is 0 Å². The van der Waals surface area contributed by atoms with Gasteiger partial charge in [-0.15, -0.1) is 0 Å². The molecule has 0 spiro atoms. The first-order valence-corrected chi connectivity index (χ1v) is 6.82. The molecule has 3 aromatic rings. The molecule has 0 unspecified atom stereocenters. The van der Waals surface area contributed by atoms with E-state index in [4.69, 9.17) is 27.6 Å². The summed E-state index contributed by atoms with van der Waals surface area (Å²) in [6.07, 6.45) is 0. The minimum atomic E-state index is -0.258. The van der Waals surface area contributed by atoms with Crippen LogP contribution in [-0.2, 0) is 0 Å². The van der Waals surface area contributed by atoms with E-state index in [0.29, 0.717) is 21.9 Å². The third-order valence-corrected chi connectivity index (χ3v) is 4.07. The van der Waals surface area contributed by atoms with Crippen LogP contribution >= 0.6 is 23.2 Å². The number of hydrogen-bond donors (Lipinski definition) is 0. The molecular formula is C16H10Cl2O2. The molecule has 0 radical (unpaired) electrons. The standard InChI is InChI=1S/C16H10Cl2O2/c1-9-10-5-2-3-8-13(10)20-16(9)15(19)11-6-4-7-12(17)14(11)18/h2-8H,1H3. The smallest absolute Gasteiger partial charge is 0.230 e. The van der Waals surface area contributed by atoms with E-state index in [1.54, 1.807) is 18.2 Å². The highest BCUT2D eigenvalue weighted by atomic mass is 35.5. The molecule has 2 nitrogen and oxygen atoms in total.